The largest absolute Gasteiger partial charge is 0.307 e. The first-order valence-electron chi connectivity index (χ1n) is 17.0. The highest BCUT2D eigenvalue weighted by molar-refractivity contribution is 5.67. The maximum Gasteiger partial charge on any atom is 0.0969 e. The predicted octanol–water partition coefficient (Wildman–Crippen LogP) is 9.71. The predicted molar refractivity (Wildman–Crippen MR) is 204 cm³/mol. The fourth-order valence-corrected chi connectivity index (χ4v) is 6.74. The summed E-state index contributed by atoms with van der Waals surface area (Å²) in [5.74, 6) is 12.8. The normalized spacial score (nSPS) is 22.5. The van der Waals surface area contributed by atoms with E-state index < -0.39 is 0 Å². The Labute approximate surface area is 289 Å². The van der Waals surface area contributed by atoms with Gasteiger partial charge in [-0.2, -0.15) is 0 Å². The van der Waals surface area contributed by atoms with Crippen molar-refractivity contribution in [1.82, 2.24) is 10.2 Å². The third-order valence-electron chi connectivity index (χ3n) is 9.20. The highest BCUT2D eigenvalue weighted by atomic mass is 15.3. The first-order chi connectivity index (χ1) is 23.2. The Kier molecular flexibility index (Phi) is 10.8. The van der Waals surface area contributed by atoms with Gasteiger partial charge in [-0.3, -0.25) is 5.32 Å². The van der Waals surface area contributed by atoms with Gasteiger partial charge in [-0.05, 0) is 130 Å². The summed E-state index contributed by atoms with van der Waals surface area (Å²) in [6, 6.07) is 9.07. The summed E-state index contributed by atoms with van der Waals surface area (Å²) >= 11 is 0. The van der Waals surface area contributed by atoms with Crippen LogP contribution in [-0.4, -0.2) is 17.0 Å². The number of nitrogens with one attached hydrogen (secondary N) is 1. The molecule has 3 unspecified atom stereocenters. The maximum absolute atomic E-state index is 6.19. The van der Waals surface area contributed by atoms with Crippen molar-refractivity contribution in [2.75, 3.05) is 4.90 Å². The van der Waals surface area contributed by atoms with Crippen LogP contribution in [0.1, 0.15) is 66.4 Å². The van der Waals surface area contributed by atoms with Crippen LogP contribution in [0.25, 0.3) is 0 Å². The molecule has 3 nitrogen and oxygen atoms in total. The van der Waals surface area contributed by atoms with Gasteiger partial charge < -0.3 is 9.80 Å². The van der Waals surface area contributed by atoms with E-state index in [4.69, 9.17) is 12.8 Å². The van der Waals surface area contributed by atoms with Gasteiger partial charge in [0.25, 0.3) is 0 Å². The first kappa shape index (κ1) is 34.2. The molecule has 0 aromatic heterocycles. The van der Waals surface area contributed by atoms with E-state index in [0.29, 0.717) is 5.92 Å². The van der Waals surface area contributed by atoms with E-state index in [1.54, 1.807) is 6.08 Å². The zero-order valence-corrected chi connectivity index (χ0v) is 29.5. The lowest BCUT2D eigenvalue weighted by Gasteiger charge is -2.34. The lowest BCUT2D eigenvalue weighted by Crippen LogP contribution is -2.28. The minimum absolute atomic E-state index is 0.148. The van der Waals surface area contributed by atoms with E-state index in [0.717, 1.165) is 53.3 Å². The molecule has 1 aromatic rings. The quantitative estimate of drug-likeness (QED) is 0.159. The Balaban J connectivity index is 1.59. The Bertz CT molecular complexity index is 1930. The molecular weight excluding hydrogens is 583 g/mol. The number of terminal acetylenes is 2. The average molecular weight is 630 g/mol. The number of benzene rings is 1. The van der Waals surface area contributed by atoms with Crippen LogP contribution >= 0.6 is 0 Å². The molecule has 5 rings (SSSR count). The van der Waals surface area contributed by atoms with Crippen LogP contribution in [-0.2, 0) is 0 Å². The molecule has 0 bridgehead atoms. The van der Waals surface area contributed by atoms with Crippen molar-refractivity contribution in [1.29, 1.82) is 0 Å². The fraction of sp³-hybridized carbons (Fsp3) is 0.289. The van der Waals surface area contributed by atoms with Crippen LogP contribution in [0.2, 0.25) is 0 Å². The van der Waals surface area contributed by atoms with Crippen molar-refractivity contribution in [3.63, 3.8) is 0 Å². The molecule has 0 radical (unpaired) electrons. The van der Waals surface area contributed by atoms with Crippen molar-refractivity contribution < 1.29 is 0 Å². The van der Waals surface area contributed by atoms with E-state index >= 15 is 0 Å². The molecule has 1 heterocycles. The van der Waals surface area contributed by atoms with Crippen LogP contribution in [0.15, 0.2) is 141 Å². The van der Waals surface area contributed by atoms with Gasteiger partial charge in [0.15, 0.2) is 0 Å². The topological polar surface area (TPSA) is 28.4 Å². The van der Waals surface area contributed by atoms with Gasteiger partial charge in [-0.15, -0.1) is 12.8 Å². The second kappa shape index (κ2) is 15.2. The number of aryl methyl sites for hydroxylation is 1. The average Bonchev–Trinajstić information content (AvgIpc) is 3.89. The fourth-order valence-electron chi connectivity index (χ4n) is 6.74. The van der Waals surface area contributed by atoms with Gasteiger partial charge in [0, 0.05) is 29.2 Å². The molecule has 3 heteroatoms. The van der Waals surface area contributed by atoms with Gasteiger partial charge in [0.05, 0.1) is 23.5 Å². The number of nitrogens with zero attached hydrogens (tertiary/aromatic N) is 2. The van der Waals surface area contributed by atoms with Crippen molar-refractivity contribution in [2.45, 2.75) is 79.8 Å². The van der Waals surface area contributed by atoms with E-state index in [1.807, 2.05) is 13.0 Å². The van der Waals surface area contributed by atoms with Gasteiger partial charge in [0.1, 0.15) is 0 Å². The summed E-state index contributed by atoms with van der Waals surface area (Å²) in [4.78, 5) is 4.56. The van der Waals surface area contributed by atoms with Crippen molar-refractivity contribution >= 4 is 5.69 Å². The number of hydrogen-bond acceptors (Lipinski definition) is 3. The number of hydrogen-bond donors (Lipinski definition) is 1. The highest BCUT2D eigenvalue weighted by Crippen LogP contribution is 2.45. The summed E-state index contributed by atoms with van der Waals surface area (Å²) < 4.78 is 0. The molecule has 48 heavy (non-hydrogen) atoms. The standard InChI is InChI=1S/C45H47N3/c1-10-14-21-37(18-11-2)48(36(13-4)26-31(5)12-3)42-30-35(9)43(45-44(42)46-45)41-25-24-40(29-34(41)8)47(39-23-17-20-33(7)28-39)38-22-16-15-19-32(6)27-38/h1,4,12,14,17-21,23-28,30,34,44-46H,11,15,29H2,2-3,5-9H3/b21-14-,31-12-,36-26+,37-18+. The molecule has 0 amide bonds. The molecule has 242 valence electrons. The third-order valence-corrected chi connectivity index (χ3v) is 9.20. The van der Waals surface area contributed by atoms with E-state index in [1.165, 1.54) is 33.6 Å². The van der Waals surface area contributed by atoms with Gasteiger partial charge in [-0.25, -0.2) is 0 Å². The summed E-state index contributed by atoms with van der Waals surface area (Å²) in [5, 5.41) is 3.81. The lowest BCUT2D eigenvalue weighted by molar-refractivity contribution is 0.536. The van der Waals surface area contributed by atoms with Crippen LogP contribution in [0.3, 0.4) is 0 Å². The molecule has 0 spiro atoms. The smallest absolute Gasteiger partial charge is 0.0969 e. The Morgan fingerprint density at radius 1 is 1.12 bits per heavy atom. The zero-order valence-electron chi connectivity index (χ0n) is 29.5. The minimum Gasteiger partial charge on any atom is -0.307 e. The highest BCUT2D eigenvalue weighted by Gasteiger charge is 2.48. The molecule has 3 atom stereocenters. The minimum atomic E-state index is 0.148. The number of rotatable bonds is 10. The Morgan fingerprint density at radius 2 is 1.94 bits per heavy atom. The van der Waals surface area contributed by atoms with E-state index in [9.17, 15) is 0 Å². The SMILES string of the molecule is C#C/C=C\C(=C/CC)N(C1=CC(C)=C(C2=CC=C(N(C3=CC(C)=CCC#C3)c3cccc(C)c3)CC2C)C2NC12)/C(C#C)=C/C(C)=C\C. The summed E-state index contributed by atoms with van der Waals surface area (Å²) in [6.45, 7) is 15.1. The first-order valence-corrected chi connectivity index (χ1v) is 17.0. The van der Waals surface area contributed by atoms with Crippen molar-refractivity contribution in [2.24, 2.45) is 5.92 Å². The van der Waals surface area contributed by atoms with Crippen LogP contribution in [0, 0.1) is 49.4 Å². The van der Waals surface area contributed by atoms with Gasteiger partial charge in [0.2, 0.25) is 0 Å². The van der Waals surface area contributed by atoms with Crippen LogP contribution in [0.5, 0.6) is 0 Å². The maximum atomic E-state index is 6.19. The number of anilines is 1. The van der Waals surface area contributed by atoms with Gasteiger partial charge >= 0.3 is 0 Å². The van der Waals surface area contributed by atoms with E-state index in [-0.39, 0.29) is 12.1 Å². The number of fused-ring (bicyclic) bond motifs is 1. The molecule has 1 fully saturated rings. The molecular formula is C45H47N3. The third kappa shape index (κ3) is 7.37. The molecule has 0 saturated carbocycles. The molecule has 3 aliphatic carbocycles. The molecule has 4 aliphatic rings. The Morgan fingerprint density at radius 3 is 2.62 bits per heavy atom. The zero-order chi connectivity index (χ0) is 34.4. The van der Waals surface area contributed by atoms with E-state index in [2.05, 4.69) is 153 Å². The molecule has 1 aromatic carbocycles. The summed E-state index contributed by atoms with van der Waals surface area (Å²) in [7, 11) is 0. The van der Waals surface area contributed by atoms with Crippen molar-refractivity contribution in [3.05, 3.63) is 147 Å². The van der Waals surface area contributed by atoms with Crippen LogP contribution < -0.4 is 10.2 Å². The molecule has 1 N–H and O–H groups in total. The summed E-state index contributed by atoms with van der Waals surface area (Å²) in [6.07, 6.45) is 35.8. The molecule has 1 saturated heterocycles. The second-order valence-electron chi connectivity index (χ2n) is 12.9. The van der Waals surface area contributed by atoms with Gasteiger partial charge in [-0.1, -0.05) is 79.2 Å². The second-order valence-corrected chi connectivity index (χ2v) is 12.9. The Hall–Kier alpha value is -5.14. The number of allylic oxidation sites excluding steroid dienone is 16. The summed E-state index contributed by atoms with van der Waals surface area (Å²) in [5.41, 5.74) is 13.9. The molecule has 1 aliphatic heterocycles. The lowest BCUT2D eigenvalue weighted by atomic mass is 9.80. The monoisotopic (exact) mass is 629 g/mol. The van der Waals surface area contributed by atoms with Crippen LogP contribution in [0.4, 0.5) is 5.69 Å². The van der Waals surface area contributed by atoms with Crippen molar-refractivity contribution in [3.8, 4) is 36.5 Å².